The Kier molecular flexibility index (Phi) is 5.90. The lowest BCUT2D eigenvalue weighted by molar-refractivity contribution is 0.489. The molecule has 1 fully saturated rings. The van der Waals surface area contributed by atoms with Crippen LogP contribution < -0.4 is 5.32 Å². The highest BCUT2D eigenvalue weighted by molar-refractivity contribution is 5.98. The highest BCUT2D eigenvalue weighted by Crippen LogP contribution is 2.33. The van der Waals surface area contributed by atoms with Crippen molar-refractivity contribution in [1.82, 2.24) is 35.5 Å². The second-order valence-electron chi connectivity index (χ2n) is 10.2. The summed E-state index contributed by atoms with van der Waals surface area (Å²) in [7, 11) is 0. The van der Waals surface area contributed by atoms with Gasteiger partial charge in [-0.1, -0.05) is 37.1 Å². The fourth-order valence-corrected chi connectivity index (χ4v) is 5.65. The SMILES string of the molecule is c1cncc(-c2cccc3[nH]c(-c4n[nH]c5ccc(-c6cncc(CNCC7CCCC7)c6)cc45)nc23)c1. The van der Waals surface area contributed by atoms with Crippen molar-refractivity contribution in [2.24, 2.45) is 5.92 Å². The minimum absolute atomic E-state index is 0.739. The van der Waals surface area contributed by atoms with Crippen LogP contribution in [-0.2, 0) is 6.54 Å². The van der Waals surface area contributed by atoms with Crippen LogP contribution in [0.3, 0.4) is 0 Å². The smallest absolute Gasteiger partial charge is 0.159 e. The van der Waals surface area contributed by atoms with E-state index in [-0.39, 0.29) is 0 Å². The molecule has 1 aliphatic rings. The van der Waals surface area contributed by atoms with Gasteiger partial charge in [-0.25, -0.2) is 4.98 Å². The fraction of sp³-hybridized carbons (Fsp3) is 0.226. The molecule has 7 rings (SSSR count). The van der Waals surface area contributed by atoms with Crippen LogP contribution in [0, 0.1) is 5.92 Å². The van der Waals surface area contributed by atoms with Gasteiger partial charge < -0.3 is 10.3 Å². The molecule has 0 atom stereocenters. The first kappa shape index (κ1) is 22.8. The number of benzene rings is 2. The van der Waals surface area contributed by atoms with Gasteiger partial charge in [-0.05, 0) is 66.8 Å². The summed E-state index contributed by atoms with van der Waals surface area (Å²) in [5.41, 5.74) is 9.14. The van der Waals surface area contributed by atoms with Crippen LogP contribution in [0.4, 0.5) is 0 Å². The zero-order valence-corrected chi connectivity index (χ0v) is 21.1. The third-order valence-corrected chi connectivity index (χ3v) is 7.64. The number of aromatic nitrogens is 6. The Morgan fingerprint density at radius 3 is 2.66 bits per heavy atom. The van der Waals surface area contributed by atoms with Crippen LogP contribution in [0.25, 0.3) is 55.7 Å². The van der Waals surface area contributed by atoms with Crippen LogP contribution in [0.1, 0.15) is 31.2 Å². The molecule has 0 radical (unpaired) electrons. The number of hydrogen-bond donors (Lipinski definition) is 3. The molecule has 7 heteroatoms. The first-order valence-corrected chi connectivity index (χ1v) is 13.3. The molecular formula is C31H29N7. The number of nitrogens with zero attached hydrogens (tertiary/aromatic N) is 4. The fourth-order valence-electron chi connectivity index (χ4n) is 5.65. The zero-order valence-electron chi connectivity index (χ0n) is 21.1. The van der Waals surface area contributed by atoms with Crippen LogP contribution in [-0.4, -0.2) is 36.7 Å². The number of rotatable bonds is 7. The second kappa shape index (κ2) is 9.84. The van der Waals surface area contributed by atoms with Crippen molar-refractivity contribution in [3.05, 3.63) is 84.9 Å². The number of aromatic amines is 2. The number of fused-ring (bicyclic) bond motifs is 2. The van der Waals surface area contributed by atoms with Crippen molar-refractivity contribution < 1.29 is 0 Å². The van der Waals surface area contributed by atoms with Gasteiger partial charge in [0.05, 0.1) is 16.6 Å². The third kappa shape index (κ3) is 4.35. The maximum atomic E-state index is 4.98. The maximum Gasteiger partial charge on any atom is 0.159 e. The maximum absolute atomic E-state index is 4.98. The molecule has 0 bridgehead atoms. The lowest BCUT2D eigenvalue weighted by Crippen LogP contribution is -2.20. The van der Waals surface area contributed by atoms with Gasteiger partial charge in [-0.2, -0.15) is 5.10 Å². The highest BCUT2D eigenvalue weighted by atomic mass is 15.1. The van der Waals surface area contributed by atoms with Crippen molar-refractivity contribution in [2.45, 2.75) is 32.2 Å². The van der Waals surface area contributed by atoms with E-state index in [1.54, 1.807) is 6.20 Å². The molecule has 0 aliphatic heterocycles. The van der Waals surface area contributed by atoms with E-state index in [0.29, 0.717) is 0 Å². The van der Waals surface area contributed by atoms with E-state index in [2.05, 4.69) is 66.9 Å². The monoisotopic (exact) mass is 499 g/mol. The van der Waals surface area contributed by atoms with Gasteiger partial charge in [0, 0.05) is 53.4 Å². The predicted octanol–water partition coefficient (Wildman–Crippen LogP) is 6.51. The number of para-hydroxylation sites is 1. The average molecular weight is 500 g/mol. The summed E-state index contributed by atoms with van der Waals surface area (Å²) in [6.45, 7) is 1.93. The van der Waals surface area contributed by atoms with E-state index in [1.807, 2.05) is 36.8 Å². The van der Waals surface area contributed by atoms with E-state index < -0.39 is 0 Å². The summed E-state index contributed by atoms with van der Waals surface area (Å²) >= 11 is 0. The van der Waals surface area contributed by atoms with E-state index in [0.717, 1.165) is 74.7 Å². The molecule has 7 nitrogen and oxygen atoms in total. The van der Waals surface area contributed by atoms with E-state index in [1.165, 1.54) is 31.2 Å². The predicted molar refractivity (Wildman–Crippen MR) is 151 cm³/mol. The van der Waals surface area contributed by atoms with Crippen LogP contribution >= 0.6 is 0 Å². The van der Waals surface area contributed by atoms with Crippen molar-refractivity contribution in [3.63, 3.8) is 0 Å². The largest absolute Gasteiger partial charge is 0.337 e. The summed E-state index contributed by atoms with van der Waals surface area (Å²) in [5.74, 6) is 1.56. The number of nitrogens with one attached hydrogen (secondary N) is 3. The van der Waals surface area contributed by atoms with Crippen LogP contribution in [0.5, 0.6) is 0 Å². The van der Waals surface area contributed by atoms with Crippen molar-refractivity contribution in [2.75, 3.05) is 6.54 Å². The normalized spacial score (nSPS) is 14.1. The Labute approximate surface area is 220 Å². The minimum atomic E-state index is 0.739. The Balaban J connectivity index is 1.20. The molecule has 4 aromatic heterocycles. The quantitative estimate of drug-likeness (QED) is 0.233. The van der Waals surface area contributed by atoms with E-state index in [4.69, 9.17) is 4.98 Å². The van der Waals surface area contributed by atoms with Crippen LogP contribution in [0.15, 0.2) is 79.4 Å². The lowest BCUT2D eigenvalue weighted by atomic mass is 10.0. The summed E-state index contributed by atoms with van der Waals surface area (Å²) in [4.78, 5) is 17.3. The molecule has 1 aliphatic carbocycles. The number of pyridine rings is 2. The van der Waals surface area contributed by atoms with Gasteiger partial charge in [0.25, 0.3) is 0 Å². The molecular weight excluding hydrogens is 470 g/mol. The lowest BCUT2D eigenvalue weighted by Gasteiger charge is -2.11. The van der Waals surface area contributed by atoms with Crippen LogP contribution in [0.2, 0.25) is 0 Å². The Bertz CT molecular complexity index is 1710. The standard InChI is InChI=1S/C31H29N7/c1-2-6-20(5-1)15-33-16-21-13-24(19-34-17-21)22-10-11-27-26(14-22)30(38-37-27)31-35-28-9-3-8-25(29(28)36-31)23-7-4-12-32-18-23/h3-4,7-14,17-20,33H,1-2,5-6,15-16H2,(H,35,36)(H,37,38). The second-order valence-corrected chi connectivity index (χ2v) is 10.2. The summed E-state index contributed by atoms with van der Waals surface area (Å²) < 4.78 is 0. The Morgan fingerprint density at radius 2 is 1.76 bits per heavy atom. The average Bonchev–Trinajstić information content (AvgIpc) is 3.73. The van der Waals surface area contributed by atoms with Gasteiger partial charge in [-0.15, -0.1) is 0 Å². The van der Waals surface area contributed by atoms with Gasteiger partial charge in [0.1, 0.15) is 5.69 Å². The molecule has 2 aromatic carbocycles. The zero-order chi connectivity index (χ0) is 25.3. The molecule has 6 aromatic rings. The molecule has 0 spiro atoms. The molecule has 0 amide bonds. The third-order valence-electron chi connectivity index (χ3n) is 7.64. The Morgan fingerprint density at radius 1 is 0.842 bits per heavy atom. The van der Waals surface area contributed by atoms with E-state index >= 15 is 0 Å². The Hall–Kier alpha value is -4.36. The van der Waals surface area contributed by atoms with Crippen molar-refractivity contribution >= 4 is 21.9 Å². The van der Waals surface area contributed by atoms with Crippen molar-refractivity contribution in [1.29, 1.82) is 0 Å². The molecule has 0 unspecified atom stereocenters. The number of hydrogen-bond acceptors (Lipinski definition) is 5. The van der Waals surface area contributed by atoms with Gasteiger partial charge in [-0.3, -0.25) is 15.1 Å². The number of imidazole rings is 1. The van der Waals surface area contributed by atoms with Gasteiger partial charge in [0.2, 0.25) is 0 Å². The van der Waals surface area contributed by atoms with Gasteiger partial charge in [0.15, 0.2) is 5.82 Å². The molecule has 1 saturated carbocycles. The summed E-state index contributed by atoms with van der Waals surface area (Å²) in [6, 6.07) is 18.8. The van der Waals surface area contributed by atoms with E-state index in [9.17, 15) is 0 Å². The topological polar surface area (TPSA) is 95.2 Å². The number of H-pyrrole nitrogens is 2. The van der Waals surface area contributed by atoms with Gasteiger partial charge >= 0.3 is 0 Å². The summed E-state index contributed by atoms with van der Waals surface area (Å²) in [5, 5.41) is 12.5. The van der Waals surface area contributed by atoms with Crippen molar-refractivity contribution in [3.8, 4) is 33.8 Å². The first-order valence-electron chi connectivity index (χ1n) is 13.3. The molecule has 188 valence electrons. The highest BCUT2D eigenvalue weighted by Gasteiger charge is 2.17. The summed E-state index contributed by atoms with van der Waals surface area (Å²) in [6.07, 6.45) is 13.0. The minimum Gasteiger partial charge on any atom is -0.337 e. The molecule has 0 saturated heterocycles. The first-order chi connectivity index (χ1) is 18.8. The molecule has 38 heavy (non-hydrogen) atoms. The molecule has 4 heterocycles. The molecule has 3 N–H and O–H groups in total.